The van der Waals surface area contributed by atoms with Gasteiger partial charge < -0.3 is 67.1 Å². The first-order valence-electron chi connectivity index (χ1n) is 37.9. The molecule has 5 heterocycles. The summed E-state index contributed by atoms with van der Waals surface area (Å²) < 4.78 is 70.4. The molecule has 0 radical (unpaired) electrons. The molecule has 0 saturated carbocycles. The van der Waals surface area contributed by atoms with Gasteiger partial charge in [0.15, 0.2) is 0 Å². The average Bonchev–Trinajstić information content (AvgIpc) is 0.944. The van der Waals surface area contributed by atoms with E-state index < -0.39 is 47.5 Å². The van der Waals surface area contributed by atoms with Crippen LogP contribution < -0.4 is 37.9 Å². The second-order valence-corrected chi connectivity index (χ2v) is 26.6. The number of aliphatic hydroxyl groups excluding tert-OH is 2. The number of nitrogens with zero attached hydrogens (tertiary/aromatic N) is 2. The zero-order chi connectivity index (χ0) is 77.9. The number of carbonyl (C=O) groups is 10. The van der Waals surface area contributed by atoms with Gasteiger partial charge >= 0.3 is 35.8 Å². The van der Waals surface area contributed by atoms with Crippen LogP contribution in [-0.2, 0) is 28.5 Å². The first-order chi connectivity index (χ1) is 53.4. The largest absolute Gasteiger partial charge is 0.493 e. The number of amides is 4. The maximum Gasteiger partial charge on any atom is 0.346 e. The summed E-state index contributed by atoms with van der Waals surface area (Å²) in [6.07, 6.45) is 7.82. The van der Waals surface area contributed by atoms with Crippen molar-refractivity contribution in [3.63, 3.8) is 0 Å². The third-order valence-electron chi connectivity index (χ3n) is 20.0. The van der Waals surface area contributed by atoms with Gasteiger partial charge in [-0.15, -0.1) is 0 Å². The van der Waals surface area contributed by atoms with Gasteiger partial charge in [0.1, 0.15) is 46.0 Å². The zero-order valence-electron chi connectivity index (χ0n) is 62.8. The van der Waals surface area contributed by atoms with Crippen LogP contribution >= 0.6 is 0 Å². The van der Waals surface area contributed by atoms with Crippen LogP contribution in [0, 0.1) is 0 Å². The van der Waals surface area contributed by atoms with Crippen molar-refractivity contribution in [1.82, 2.24) is 9.80 Å². The first kappa shape index (κ1) is 76.8. The Balaban J connectivity index is 0.000000177. The van der Waals surface area contributed by atoms with E-state index in [0.717, 1.165) is 25.7 Å². The molecule has 1 fully saturated rings. The van der Waals surface area contributed by atoms with E-state index in [4.69, 9.17) is 61.9 Å². The smallest absolute Gasteiger partial charge is 0.346 e. The standard InChI is InChI=1S/C42H43NO12.C36H33NO10.C6H10O2/c1-5-50-26-18-22-31-23(40(47)43(39(22)46)15-11-13-17-54-30(45)14-10-9-12-16-44)19-27(51-6-2)34-36-29(53-8-4)21-25-32-24(41(48)55-42(25)49)20-28(52-7-3)35(38(32)36)33(26)37(31)34;1-5-43-21-13-17-25-18(34(40)37(33(17)39)11-9-10-12-38)14-22(44-6-2)28-30-24(46-8-4)16-20-26-19(35(41)47-36(20)42)15-23(45-7-3)29(32(26)30)27(21)31(25)28;7-6-4-2-1-3-5-8-6/h18-21,44H,5-17H2,1-4H3;13-16,38H,5-12H2,1-4H3;1-5H2. The molecule has 110 heavy (non-hydrogen) atoms. The molecule has 26 nitrogen and oxygen atoms in total. The molecule has 2 N–H and O–H groups in total. The van der Waals surface area contributed by atoms with Crippen molar-refractivity contribution in [2.24, 2.45) is 0 Å². The normalized spacial score (nSPS) is 14.5. The van der Waals surface area contributed by atoms with Gasteiger partial charge in [-0.3, -0.25) is 38.6 Å². The second-order valence-electron chi connectivity index (χ2n) is 26.6. The molecule has 5 aliphatic heterocycles. The molecule has 1 saturated heterocycles. The number of fused-ring (bicyclic) bond motifs is 4. The molecule has 0 aromatic heterocycles. The number of esters is 6. The van der Waals surface area contributed by atoms with Crippen LogP contribution in [0.3, 0.4) is 0 Å². The van der Waals surface area contributed by atoms with Gasteiger partial charge in [-0.25, -0.2) is 19.2 Å². The highest BCUT2D eigenvalue weighted by atomic mass is 16.6. The summed E-state index contributed by atoms with van der Waals surface area (Å²) in [4.78, 5) is 135. The summed E-state index contributed by atoms with van der Waals surface area (Å²) in [5.41, 5.74) is 1.75. The molecule has 0 bridgehead atoms. The Bertz CT molecular complexity index is 5140. The molecule has 10 aromatic carbocycles. The number of unbranched alkanes of at least 4 members (excludes halogenated alkanes) is 4. The van der Waals surface area contributed by atoms with Crippen LogP contribution in [-0.4, -0.2) is 172 Å². The van der Waals surface area contributed by atoms with Crippen molar-refractivity contribution in [1.29, 1.82) is 0 Å². The van der Waals surface area contributed by atoms with E-state index in [1.165, 1.54) is 9.80 Å². The number of benzene rings is 10. The summed E-state index contributed by atoms with van der Waals surface area (Å²) in [5.74, 6) is -2.77. The summed E-state index contributed by atoms with van der Waals surface area (Å²) in [5, 5.41) is 26.3. The number of imide groups is 2. The molecule has 26 heteroatoms. The number of ether oxygens (including phenoxy) is 12. The minimum absolute atomic E-state index is 0.0255. The lowest BCUT2D eigenvalue weighted by molar-refractivity contribution is -0.144. The van der Waals surface area contributed by atoms with E-state index in [1.807, 2.05) is 55.4 Å². The molecule has 576 valence electrons. The second kappa shape index (κ2) is 32.8. The van der Waals surface area contributed by atoms with E-state index in [-0.39, 0.29) is 138 Å². The van der Waals surface area contributed by atoms with E-state index in [0.29, 0.717) is 195 Å². The molecule has 15 rings (SSSR count). The Hall–Kier alpha value is -11.4. The maximum atomic E-state index is 14.4. The predicted molar refractivity (Wildman–Crippen MR) is 406 cm³/mol. The Morgan fingerprint density at radius 1 is 0.336 bits per heavy atom. The molecule has 10 aromatic rings. The van der Waals surface area contributed by atoms with E-state index in [2.05, 4.69) is 0 Å². The lowest BCUT2D eigenvalue weighted by atomic mass is 9.81. The van der Waals surface area contributed by atoms with Gasteiger partial charge in [0.25, 0.3) is 23.6 Å². The number of cyclic esters (lactones) is 5. The highest BCUT2D eigenvalue weighted by molar-refractivity contribution is 6.46. The molecule has 4 amide bonds. The van der Waals surface area contributed by atoms with Crippen LogP contribution in [0.4, 0.5) is 0 Å². The molecule has 0 atom stereocenters. The van der Waals surface area contributed by atoms with E-state index in [9.17, 15) is 53.1 Å². The fraction of sp³-hybridized carbons (Fsp3) is 0.405. The Morgan fingerprint density at radius 2 is 0.618 bits per heavy atom. The third kappa shape index (κ3) is 13.4. The number of hydrogen-bond acceptors (Lipinski definition) is 24. The third-order valence-corrected chi connectivity index (χ3v) is 20.0. The number of aliphatic hydroxyl groups is 2. The van der Waals surface area contributed by atoms with Crippen molar-refractivity contribution < 1.29 is 115 Å². The molecule has 0 aliphatic carbocycles. The molecule has 0 spiro atoms. The Labute approximate surface area is 631 Å². The van der Waals surface area contributed by atoms with Gasteiger partial charge in [-0.1, -0.05) is 6.42 Å². The van der Waals surface area contributed by atoms with Crippen molar-refractivity contribution in [2.75, 3.05) is 92.4 Å². The van der Waals surface area contributed by atoms with Gasteiger partial charge in [0, 0.05) is 125 Å². The highest BCUT2D eigenvalue weighted by Crippen LogP contribution is 2.59. The fourth-order valence-electron chi connectivity index (χ4n) is 15.7. The number of hydrogen-bond donors (Lipinski definition) is 2. The monoisotopic (exact) mass is 1510 g/mol. The number of carbonyl (C=O) groups excluding carboxylic acids is 10. The minimum atomic E-state index is -0.810. The summed E-state index contributed by atoms with van der Waals surface area (Å²) in [6, 6.07) is 12.9. The predicted octanol–water partition coefficient (Wildman–Crippen LogP) is 14.2. The fourth-order valence-corrected chi connectivity index (χ4v) is 15.7. The summed E-state index contributed by atoms with van der Waals surface area (Å²) in [6.45, 7) is 17.5. The zero-order valence-corrected chi connectivity index (χ0v) is 62.8. The lowest BCUT2D eigenvalue weighted by Crippen LogP contribution is -2.41. The van der Waals surface area contributed by atoms with Gasteiger partial charge in [0.05, 0.1) is 111 Å². The van der Waals surface area contributed by atoms with Gasteiger partial charge in [-0.05, 0) is 162 Å². The molecule has 5 aliphatic rings. The van der Waals surface area contributed by atoms with Gasteiger partial charge in [0.2, 0.25) is 0 Å². The van der Waals surface area contributed by atoms with Crippen molar-refractivity contribution >= 4 is 146 Å². The minimum Gasteiger partial charge on any atom is -0.493 e. The van der Waals surface area contributed by atoms with Crippen molar-refractivity contribution in [3.05, 3.63) is 93.0 Å². The molecular formula is C84H86N2O24. The van der Waals surface area contributed by atoms with E-state index in [1.54, 1.807) is 48.5 Å². The van der Waals surface area contributed by atoms with Crippen LogP contribution in [0.15, 0.2) is 48.5 Å². The highest BCUT2D eigenvalue weighted by Gasteiger charge is 2.43. The number of rotatable bonds is 30. The first-order valence-corrected chi connectivity index (χ1v) is 37.9. The topological polar surface area (TPSA) is 328 Å². The van der Waals surface area contributed by atoms with Crippen LogP contribution in [0.2, 0.25) is 0 Å². The van der Waals surface area contributed by atoms with Crippen molar-refractivity contribution in [3.8, 4) is 46.0 Å². The SMILES string of the molecule is CCOc1cc2c3c(cc(OCC)c4c5c(OCC)cc6c7c(cc(OCC)c(c1c34)c75)C(=O)N(CCCCO)C6=O)C(=O)OC2=O.CCOc1cc2c3c(cc(OCC)c4c5c(OCC)cc6c7c(cc(OCC)c(c1c34)c75)C(=O)N(CCCCOC(=O)CCCCCO)C6=O)C(=O)OC2=O.O=C1CCCCCO1. The van der Waals surface area contributed by atoms with Gasteiger partial charge in [-0.2, -0.15) is 0 Å². The van der Waals surface area contributed by atoms with Crippen LogP contribution in [0.1, 0.15) is 215 Å². The summed E-state index contributed by atoms with van der Waals surface area (Å²) >= 11 is 0. The van der Waals surface area contributed by atoms with Crippen molar-refractivity contribution in [2.45, 2.75) is 132 Å². The van der Waals surface area contributed by atoms with Crippen LogP contribution in [0.25, 0.3) is 86.2 Å². The quantitative estimate of drug-likeness (QED) is 0.00803. The molecular weight excluding hydrogens is 1420 g/mol. The molecule has 0 unspecified atom stereocenters. The maximum absolute atomic E-state index is 14.4. The summed E-state index contributed by atoms with van der Waals surface area (Å²) in [7, 11) is 0. The van der Waals surface area contributed by atoms with E-state index >= 15 is 0 Å². The average molecular weight is 1510 g/mol. The Kier molecular flexibility index (Phi) is 22.9. The van der Waals surface area contributed by atoms with Crippen LogP contribution in [0.5, 0.6) is 46.0 Å². The lowest BCUT2D eigenvalue weighted by Gasteiger charge is -2.31. The Morgan fingerprint density at radius 3 is 0.918 bits per heavy atom.